The van der Waals surface area contributed by atoms with Crippen LogP contribution in [0, 0.1) is 6.92 Å². The Balaban J connectivity index is 2.15. The van der Waals surface area contributed by atoms with E-state index in [2.05, 4.69) is 5.16 Å². The summed E-state index contributed by atoms with van der Waals surface area (Å²) < 4.78 is 31.6. The van der Waals surface area contributed by atoms with Crippen molar-refractivity contribution in [2.24, 2.45) is 0 Å². The first-order valence-electron chi connectivity index (χ1n) is 4.77. The molecule has 5 nitrogen and oxygen atoms in total. The minimum atomic E-state index is -3.41. The molecule has 0 unspecified atom stereocenters. The van der Waals surface area contributed by atoms with E-state index in [9.17, 15) is 8.42 Å². The number of hydrogen-bond donors (Lipinski definition) is 0. The fraction of sp³-hybridized carbons (Fsp3) is 0.667. The molecule has 2 rings (SSSR count). The van der Waals surface area contributed by atoms with E-state index < -0.39 is 10.1 Å². The highest BCUT2D eigenvalue weighted by Gasteiger charge is 2.31. The van der Waals surface area contributed by atoms with Gasteiger partial charge in [-0.05, 0) is 19.8 Å². The summed E-state index contributed by atoms with van der Waals surface area (Å²) in [6.07, 6.45) is 3.20. The quantitative estimate of drug-likeness (QED) is 0.731. The van der Waals surface area contributed by atoms with Gasteiger partial charge in [-0.1, -0.05) is 5.16 Å². The highest BCUT2D eigenvalue weighted by molar-refractivity contribution is 7.85. The molecule has 84 valence electrons. The van der Waals surface area contributed by atoms with Gasteiger partial charge in [-0.3, -0.25) is 4.18 Å². The molecule has 0 aliphatic heterocycles. The van der Waals surface area contributed by atoms with Crippen molar-refractivity contribution in [3.8, 4) is 0 Å². The third-order valence-corrected chi connectivity index (χ3v) is 2.93. The topological polar surface area (TPSA) is 69.4 Å². The first-order chi connectivity index (χ1) is 6.97. The fourth-order valence-electron chi connectivity index (χ4n) is 1.41. The summed E-state index contributed by atoms with van der Waals surface area (Å²) in [5.41, 5.74) is 1.49. The van der Waals surface area contributed by atoms with Crippen LogP contribution in [-0.2, 0) is 20.9 Å². The molecule has 0 saturated heterocycles. The van der Waals surface area contributed by atoms with E-state index in [-0.39, 0.29) is 6.61 Å². The highest BCUT2D eigenvalue weighted by Crippen LogP contribution is 2.42. The molecule has 1 aromatic heterocycles. The summed E-state index contributed by atoms with van der Waals surface area (Å²) in [5, 5.41) is 3.83. The van der Waals surface area contributed by atoms with E-state index in [0.29, 0.717) is 11.6 Å². The van der Waals surface area contributed by atoms with Crippen LogP contribution >= 0.6 is 0 Å². The van der Waals surface area contributed by atoms with Crippen LogP contribution in [0.1, 0.15) is 35.8 Å². The van der Waals surface area contributed by atoms with Crippen LogP contribution in [-0.4, -0.2) is 19.8 Å². The van der Waals surface area contributed by atoms with Gasteiger partial charge < -0.3 is 4.52 Å². The summed E-state index contributed by atoms with van der Waals surface area (Å²) in [7, 11) is -3.41. The lowest BCUT2D eigenvalue weighted by Crippen LogP contribution is -2.04. The second kappa shape index (κ2) is 3.61. The Morgan fingerprint density at radius 2 is 2.20 bits per heavy atom. The Morgan fingerprint density at radius 1 is 1.53 bits per heavy atom. The van der Waals surface area contributed by atoms with E-state index in [1.807, 2.05) is 0 Å². The molecule has 0 aromatic carbocycles. The zero-order valence-corrected chi connectivity index (χ0v) is 9.50. The van der Waals surface area contributed by atoms with Gasteiger partial charge in [0.2, 0.25) is 0 Å². The molecule has 1 aliphatic rings. The normalized spacial score (nSPS) is 16.9. The molecule has 0 spiro atoms. The van der Waals surface area contributed by atoms with Gasteiger partial charge in [0.1, 0.15) is 5.76 Å². The van der Waals surface area contributed by atoms with Crippen LogP contribution in [0.2, 0.25) is 0 Å². The van der Waals surface area contributed by atoms with Crippen molar-refractivity contribution in [1.29, 1.82) is 0 Å². The van der Waals surface area contributed by atoms with Gasteiger partial charge in [-0.25, -0.2) is 0 Å². The predicted molar refractivity (Wildman–Crippen MR) is 52.8 cm³/mol. The largest absolute Gasteiger partial charge is 0.360 e. The maximum Gasteiger partial charge on any atom is 0.264 e. The second-order valence-corrected chi connectivity index (χ2v) is 5.50. The van der Waals surface area contributed by atoms with Crippen LogP contribution in [0.15, 0.2) is 4.52 Å². The summed E-state index contributed by atoms with van der Waals surface area (Å²) in [6.45, 7) is 1.82. The van der Waals surface area contributed by atoms with E-state index >= 15 is 0 Å². The van der Waals surface area contributed by atoms with Crippen molar-refractivity contribution in [3.63, 3.8) is 0 Å². The average molecular weight is 231 g/mol. The van der Waals surface area contributed by atoms with Crippen molar-refractivity contribution < 1.29 is 17.1 Å². The molecule has 0 amide bonds. The maximum atomic E-state index is 10.9. The maximum absolute atomic E-state index is 10.9. The summed E-state index contributed by atoms with van der Waals surface area (Å²) in [6, 6.07) is 0. The SMILES string of the molecule is Cc1noc(C2CC2)c1COS(C)(=O)=O. The van der Waals surface area contributed by atoms with Crippen LogP contribution < -0.4 is 0 Å². The van der Waals surface area contributed by atoms with Crippen LogP contribution in [0.5, 0.6) is 0 Å². The standard InChI is InChI=1S/C9H13NO4S/c1-6-8(5-13-15(2,11)12)9(14-10-6)7-3-4-7/h7H,3-5H2,1-2H3. The Labute approximate surface area is 88.5 Å². The lowest BCUT2D eigenvalue weighted by atomic mass is 10.1. The van der Waals surface area contributed by atoms with Gasteiger partial charge in [-0.2, -0.15) is 8.42 Å². The van der Waals surface area contributed by atoms with Crippen LogP contribution in [0.3, 0.4) is 0 Å². The van der Waals surface area contributed by atoms with E-state index in [1.165, 1.54) is 0 Å². The molecule has 1 aliphatic carbocycles. The molecule has 0 N–H and O–H groups in total. The van der Waals surface area contributed by atoms with Crippen molar-refractivity contribution >= 4 is 10.1 Å². The lowest BCUT2D eigenvalue weighted by Gasteiger charge is -2.01. The summed E-state index contributed by atoms with van der Waals surface area (Å²) in [5.74, 6) is 1.19. The van der Waals surface area contributed by atoms with Crippen molar-refractivity contribution in [2.75, 3.05) is 6.26 Å². The molecule has 1 fully saturated rings. The van der Waals surface area contributed by atoms with E-state index in [4.69, 9.17) is 8.71 Å². The minimum Gasteiger partial charge on any atom is -0.360 e. The summed E-state index contributed by atoms with van der Waals surface area (Å²) in [4.78, 5) is 0. The number of rotatable bonds is 4. The third kappa shape index (κ3) is 2.57. The Kier molecular flexibility index (Phi) is 2.56. The van der Waals surface area contributed by atoms with E-state index in [1.54, 1.807) is 6.92 Å². The number of aromatic nitrogens is 1. The van der Waals surface area contributed by atoms with Crippen molar-refractivity contribution in [3.05, 3.63) is 17.0 Å². The van der Waals surface area contributed by atoms with Crippen molar-refractivity contribution in [2.45, 2.75) is 32.3 Å². The zero-order chi connectivity index (χ0) is 11.1. The Morgan fingerprint density at radius 3 is 2.73 bits per heavy atom. The van der Waals surface area contributed by atoms with E-state index in [0.717, 1.165) is 30.4 Å². The average Bonchev–Trinajstić information content (AvgIpc) is 2.87. The zero-order valence-electron chi connectivity index (χ0n) is 8.69. The molecule has 15 heavy (non-hydrogen) atoms. The minimum absolute atomic E-state index is 0.0278. The Bertz CT molecular complexity index is 458. The monoisotopic (exact) mass is 231 g/mol. The van der Waals surface area contributed by atoms with Crippen molar-refractivity contribution in [1.82, 2.24) is 5.16 Å². The smallest absolute Gasteiger partial charge is 0.264 e. The van der Waals surface area contributed by atoms with Gasteiger partial charge in [0, 0.05) is 11.5 Å². The van der Waals surface area contributed by atoms with Crippen LogP contribution in [0.25, 0.3) is 0 Å². The number of hydrogen-bond acceptors (Lipinski definition) is 5. The summed E-state index contributed by atoms with van der Waals surface area (Å²) >= 11 is 0. The Hall–Kier alpha value is -0.880. The van der Waals surface area contributed by atoms with Crippen LogP contribution in [0.4, 0.5) is 0 Å². The van der Waals surface area contributed by atoms with Gasteiger partial charge in [0.25, 0.3) is 10.1 Å². The molecule has 0 atom stereocenters. The highest BCUT2D eigenvalue weighted by atomic mass is 32.2. The third-order valence-electron chi connectivity index (χ3n) is 2.38. The molecule has 6 heteroatoms. The molecule has 1 aromatic rings. The number of nitrogens with zero attached hydrogens (tertiary/aromatic N) is 1. The predicted octanol–water partition coefficient (Wildman–Crippen LogP) is 1.34. The van der Waals surface area contributed by atoms with Gasteiger partial charge in [0.15, 0.2) is 0 Å². The molecular formula is C9H13NO4S. The molecule has 0 radical (unpaired) electrons. The first-order valence-corrected chi connectivity index (χ1v) is 6.58. The molecule has 0 bridgehead atoms. The van der Waals surface area contributed by atoms with Gasteiger partial charge in [-0.15, -0.1) is 0 Å². The number of aryl methyl sites for hydroxylation is 1. The van der Waals surface area contributed by atoms with Gasteiger partial charge >= 0.3 is 0 Å². The molecule has 1 heterocycles. The first kappa shape index (κ1) is 10.6. The fourth-order valence-corrected chi connectivity index (χ4v) is 1.75. The lowest BCUT2D eigenvalue weighted by molar-refractivity contribution is 0.306. The van der Waals surface area contributed by atoms with Gasteiger partial charge in [0.05, 0.1) is 18.6 Å². The molecule has 1 saturated carbocycles. The molecular weight excluding hydrogens is 218 g/mol. The second-order valence-electron chi connectivity index (χ2n) is 3.85.